The summed E-state index contributed by atoms with van der Waals surface area (Å²) < 4.78 is 1.07. The van der Waals surface area contributed by atoms with Crippen molar-refractivity contribution in [3.8, 4) is 0 Å². The van der Waals surface area contributed by atoms with E-state index in [1.165, 1.54) is 5.56 Å². The fraction of sp³-hybridized carbons (Fsp3) is 0.500. The van der Waals surface area contributed by atoms with Gasteiger partial charge in [0, 0.05) is 29.9 Å². The van der Waals surface area contributed by atoms with E-state index in [4.69, 9.17) is 4.99 Å². The Labute approximate surface area is 116 Å². The highest BCUT2D eigenvalue weighted by atomic mass is 79.9. The number of hydrogen-bond acceptors (Lipinski definition) is 3. The largest absolute Gasteiger partial charge is 0.390 e. The van der Waals surface area contributed by atoms with Gasteiger partial charge >= 0.3 is 0 Å². The van der Waals surface area contributed by atoms with Crippen LogP contribution in [0.15, 0.2) is 27.7 Å². The summed E-state index contributed by atoms with van der Waals surface area (Å²) in [6.45, 7) is 5.59. The molecule has 18 heavy (non-hydrogen) atoms. The zero-order chi connectivity index (χ0) is 12.9. The number of fused-ring (bicyclic) bond motifs is 2. The number of rotatable bonds is 1. The summed E-state index contributed by atoms with van der Waals surface area (Å²) in [5.74, 6) is 1.39. The van der Waals surface area contributed by atoms with Crippen molar-refractivity contribution in [3.63, 3.8) is 0 Å². The number of benzene rings is 1. The van der Waals surface area contributed by atoms with Crippen molar-refractivity contribution in [2.75, 3.05) is 6.54 Å². The molecule has 1 aromatic rings. The molecule has 0 aliphatic carbocycles. The molecule has 0 aromatic heterocycles. The van der Waals surface area contributed by atoms with Crippen LogP contribution < -0.4 is 0 Å². The van der Waals surface area contributed by atoms with Gasteiger partial charge in [-0.05, 0) is 31.5 Å². The topological polar surface area (TPSA) is 35.8 Å². The Morgan fingerprint density at radius 2 is 2.22 bits per heavy atom. The van der Waals surface area contributed by atoms with E-state index in [0.717, 1.165) is 35.5 Å². The fourth-order valence-corrected chi connectivity index (χ4v) is 3.00. The van der Waals surface area contributed by atoms with Gasteiger partial charge in [-0.25, -0.2) is 4.99 Å². The standard InChI is InChI=1S/C14H17BrN2O/c1-14(2,18)10-5-13-16-12-6-11(15)4-3-9(12)7-17(13)8-10/h3-4,6,10,18H,5,7-8H2,1-2H3. The third-order valence-electron chi connectivity index (χ3n) is 3.89. The zero-order valence-electron chi connectivity index (χ0n) is 10.7. The Morgan fingerprint density at radius 1 is 1.44 bits per heavy atom. The van der Waals surface area contributed by atoms with E-state index >= 15 is 0 Å². The Hall–Kier alpha value is -0.870. The molecule has 1 aromatic carbocycles. The lowest BCUT2D eigenvalue weighted by Crippen LogP contribution is -2.33. The summed E-state index contributed by atoms with van der Waals surface area (Å²) >= 11 is 3.48. The number of nitrogens with zero attached hydrogens (tertiary/aromatic N) is 2. The molecular weight excluding hydrogens is 292 g/mol. The molecule has 2 aliphatic heterocycles. The maximum absolute atomic E-state index is 10.1. The van der Waals surface area contributed by atoms with Gasteiger partial charge in [-0.15, -0.1) is 0 Å². The van der Waals surface area contributed by atoms with E-state index < -0.39 is 5.60 Å². The first-order chi connectivity index (χ1) is 8.43. The van der Waals surface area contributed by atoms with Crippen molar-refractivity contribution in [1.29, 1.82) is 0 Å². The summed E-state index contributed by atoms with van der Waals surface area (Å²) in [7, 11) is 0. The second-order valence-corrected chi connectivity index (χ2v) is 6.65. The molecule has 1 atom stereocenters. The van der Waals surface area contributed by atoms with E-state index in [2.05, 4.69) is 39.0 Å². The van der Waals surface area contributed by atoms with Crippen molar-refractivity contribution < 1.29 is 5.11 Å². The third kappa shape index (κ3) is 2.08. The number of aliphatic imine (C=N–C) groups is 1. The molecule has 0 bridgehead atoms. The van der Waals surface area contributed by atoms with Gasteiger partial charge < -0.3 is 10.0 Å². The highest BCUT2D eigenvalue weighted by Gasteiger charge is 2.38. The Balaban J connectivity index is 1.91. The first kappa shape index (κ1) is 12.2. The molecule has 1 unspecified atom stereocenters. The molecule has 96 valence electrons. The molecule has 3 nitrogen and oxygen atoms in total. The van der Waals surface area contributed by atoms with Crippen LogP contribution in [0.5, 0.6) is 0 Å². The summed E-state index contributed by atoms with van der Waals surface area (Å²) in [4.78, 5) is 7.02. The highest BCUT2D eigenvalue weighted by molar-refractivity contribution is 9.10. The minimum absolute atomic E-state index is 0.272. The molecule has 0 saturated carbocycles. The second kappa shape index (κ2) is 4.07. The van der Waals surface area contributed by atoms with Gasteiger partial charge in [0.1, 0.15) is 5.84 Å². The first-order valence-corrected chi connectivity index (χ1v) is 7.06. The summed E-state index contributed by atoms with van der Waals surface area (Å²) in [5.41, 5.74) is 1.69. The van der Waals surface area contributed by atoms with E-state index in [9.17, 15) is 5.11 Å². The highest BCUT2D eigenvalue weighted by Crippen LogP contribution is 2.36. The SMILES string of the molecule is CC(C)(O)C1CC2=Nc3cc(Br)ccc3CN2C1. The quantitative estimate of drug-likeness (QED) is 0.865. The van der Waals surface area contributed by atoms with Crippen LogP contribution in [0, 0.1) is 5.92 Å². The van der Waals surface area contributed by atoms with Crippen molar-refractivity contribution in [1.82, 2.24) is 4.90 Å². The zero-order valence-corrected chi connectivity index (χ0v) is 12.2. The number of aliphatic hydroxyl groups is 1. The average molecular weight is 309 g/mol. The molecular formula is C14H17BrN2O. The van der Waals surface area contributed by atoms with Gasteiger partial charge in [-0.2, -0.15) is 0 Å². The average Bonchev–Trinajstić information content (AvgIpc) is 2.68. The predicted molar refractivity (Wildman–Crippen MR) is 76.1 cm³/mol. The van der Waals surface area contributed by atoms with Crippen LogP contribution in [0.4, 0.5) is 5.69 Å². The molecule has 2 aliphatic rings. The molecule has 2 heterocycles. The van der Waals surface area contributed by atoms with Crippen molar-refractivity contribution >= 4 is 27.5 Å². The lowest BCUT2D eigenvalue weighted by atomic mass is 9.90. The van der Waals surface area contributed by atoms with E-state index in [-0.39, 0.29) is 5.92 Å². The second-order valence-electron chi connectivity index (χ2n) is 5.74. The monoisotopic (exact) mass is 308 g/mol. The van der Waals surface area contributed by atoms with Gasteiger partial charge in [0.2, 0.25) is 0 Å². The third-order valence-corrected chi connectivity index (χ3v) is 4.39. The van der Waals surface area contributed by atoms with Crippen molar-refractivity contribution in [3.05, 3.63) is 28.2 Å². The van der Waals surface area contributed by atoms with Gasteiger partial charge in [0.25, 0.3) is 0 Å². The van der Waals surface area contributed by atoms with Crippen LogP contribution in [0.1, 0.15) is 25.8 Å². The number of hydrogen-bond donors (Lipinski definition) is 1. The van der Waals surface area contributed by atoms with Crippen LogP contribution in [0.25, 0.3) is 0 Å². The lowest BCUT2D eigenvalue weighted by Gasteiger charge is -2.27. The summed E-state index contributed by atoms with van der Waals surface area (Å²) in [6.07, 6.45) is 0.870. The van der Waals surface area contributed by atoms with Crippen LogP contribution in [0.3, 0.4) is 0 Å². The fourth-order valence-electron chi connectivity index (χ4n) is 2.65. The molecule has 0 amide bonds. The predicted octanol–water partition coefficient (Wildman–Crippen LogP) is 3.09. The molecule has 1 N–H and O–H groups in total. The Kier molecular flexibility index (Phi) is 2.75. The molecule has 0 radical (unpaired) electrons. The Morgan fingerprint density at radius 3 is 2.94 bits per heavy atom. The van der Waals surface area contributed by atoms with Crippen LogP contribution >= 0.6 is 15.9 Å². The van der Waals surface area contributed by atoms with E-state index in [0.29, 0.717) is 0 Å². The minimum Gasteiger partial charge on any atom is -0.390 e. The molecule has 0 spiro atoms. The summed E-state index contributed by atoms with van der Waals surface area (Å²) in [6, 6.07) is 6.25. The lowest BCUT2D eigenvalue weighted by molar-refractivity contribution is 0.0208. The van der Waals surface area contributed by atoms with Gasteiger partial charge in [-0.1, -0.05) is 22.0 Å². The molecule has 1 saturated heterocycles. The van der Waals surface area contributed by atoms with Gasteiger partial charge in [0.15, 0.2) is 0 Å². The number of amidine groups is 1. The van der Waals surface area contributed by atoms with Crippen LogP contribution in [-0.4, -0.2) is 28.0 Å². The van der Waals surface area contributed by atoms with Gasteiger partial charge in [0.05, 0.1) is 11.3 Å². The minimum atomic E-state index is -0.632. The Bertz CT molecular complexity index is 519. The number of halogens is 1. The maximum atomic E-state index is 10.1. The smallest absolute Gasteiger partial charge is 0.106 e. The maximum Gasteiger partial charge on any atom is 0.106 e. The van der Waals surface area contributed by atoms with Crippen molar-refractivity contribution in [2.45, 2.75) is 32.4 Å². The molecule has 3 rings (SSSR count). The molecule has 1 fully saturated rings. The van der Waals surface area contributed by atoms with Crippen LogP contribution in [0.2, 0.25) is 0 Å². The van der Waals surface area contributed by atoms with Gasteiger partial charge in [-0.3, -0.25) is 0 Å². The normalized spacial score (nSPS) is 22.6. The first-order valence-electron chi connectivity index (χ1n) is 6.27. The molecule has 4 heteroatoms. The van der Waals surface area contributed by atoms with E-state index in [1.54, 1.807) is 0 Å². The van der Waals surface area contributed by atoms with Crippen molar-refractivity contribution in [2.24, 2.45) is 10.9 Å². The van der Waals surface area contributed by atoms with E-state index in [1.807, 2.05) is 13.8 Å². The summed E-state index contributed by atoms with van der Waals surface area (Å²) in [5, 5.41) is 10.1. The van der Waals surface area contributed by atoms with Crippen LogP contribution in [-0.2, 0) is 6.54 Å².